The molecule has 0 amide bonds. The molecule has 6 heteroatoms. The van der Waals surface area contributed by atoms with Gasteiger partial charge in [-0.3, -0.25) is 0 Å². The van der Waals surface area contributed by atoms with Crippen LogP contribution in [0.5, 0.6) is 0 Å². The monoisotopic (exact) mass is 272 g/mol. The Bertz CT molecular complexity index is 366. The number of nitrogens with one attached hydrogen (secondary N) is 1. The van der Waals surface area contributed by atoms with Gasteiger partial charge < -0.3 is 15.2 Å². The Morgan fingerprint density at radius 3 is 3.00 bits per heavy atom. The topological polar surface area (TPSA) is 71.5 Å². The predicted octanol–water partition coefficient (Wildman–Crippen LogP) is 1.99. The first-order valence-corrected chi connectivity index (χ1v) is 6.93. The molecule has 0 saturated heterocycles. The SMILES string of the molecule is CC(C)COCCCNCc1csc(C(=O)O)n1. The minimum Gasteiger partial charge on any atom is -0.476 e. The molecule has 102 valence electrons. The molecule has 5 nitrogen and oxygen atoms in total. The van der Waals surface area contributed by atoms with Crippen LogP contribution < -0.4 is 5.32 Å². The minimum absolute atomic E-state index is 0.145. The fraction of sp³-hybridized carbons (Fsp3) is 0.667. The number of rotatable bonds is 9. The summed E-state index contributed by atoms with van der Waals surface area (Å²) in [5, 5.41) is 13.9. The van der Waals surface area contributed by atoms with Crippen LogP contribution in [0.15, 0.2) is 5.38 Å². The van der Waals surface area contributed by atoms with Gasteiger partial charge in [0.15, 0.2) is 0 Å². The van der Waals surface area contributed by atoms with Crippen molar-refractivity contribution in [2.24, 2.45) is 5.92 Å². The number of hydrogen-bond donors (Lipinski definition) is 2. The lowest BCUT2D eigenvalue weighted by Crippen LogP contribution is -2.17. The van der Waals surface area contributed by atoms with E-state index >= 15 is 0 Å². The second-order valence-corrected chi connectivity index (χ2v) is 5.31. The van der Waals surface area contributed by atoms with Gasteiger partial charge in [-0.2, -0.15) is 0 Å². The molecular formula is C12H20N2O3S. The molecule has 0 aliphatic heterocycles. The summed E-state index contributed by atoms with van der Waals surface area (Å²) < 4.78 is 5.45. The Labute approximate surface area is 111 Å². The number of carboxylic acids is 1. The van der Waals surface area contributed by atoms with Gasteiger partial charge in [0, 0.05) is 25.1 Å². The van der Waals surface area contributed by atoms with Crippen molar-refractivity contribution >= 4 is 17.3 Å². The molecule has 1 rings (SSSR count). The van der Waals surface area contributed by atoms with E-state index in [1.54, 1.807) is 5.38 Å². The van der Waals surface area contributed by atoms with Crippen LogP contribution >= 0.6 is 11.3 Å². The average Bonchev–Trinajstić information content (AvgIpc) is 2.76. The van der Waals surface area contributed by atoms with Crippen LogP contribution in [0.3, 0.4) is 0 Å². The van der Waals surface area contributed by atoms with E-state index in [0.717, 1.165) is 43.2 Å². The molecule has 0 spiro atoms. The smallest absolute Gasteiger partial charge is 0.365 e. The molecule has 0 unspecified atom stereocenters. The Hall–Kier alpha value is -0.980. The second-order valence-electron chi connectivity index (χ2n) is 4.45. The molecule has 18 heavy (non-hydrogen) atoms. The zero-order valence-corrected chi connectivity index (χ0v) is 11.6. The van der Waals surface area contributed by atoms with Crippen molar-refractivity contribution in [1.82, 2.24) is 10.3 Å². The number of carbonyl (C=O) groups is 1. The summed E-state index contributed by atoms with van der Waals surface area (Å²) in [6.07, 6.45) is 0.947. The Kier molecular flexibility index (Phi) is 6.85. The number of nitrogens with zero attached hydrogens (tertiary/aromatic N) is 1. The van der Waals surface area contributed by atoms with Crippen molar-refractivity contribution in [3.63, 3.8) is 0 Å². The first-order valence-electron chi connectivity index (χ1n) is 6.05. The molecule has 0 saturated carbocycles. The Morgan fingerprint density at radius 2 is 2.39 bits per heavy atom. The van der Waals surface area contributed by atoms with Crippen molar-refractivity contribution < 1.29 is 14.6 Å². The highest BCUT2D eigenvalue weighted by Crippen LogP contribution is 2.09. The van der Waals surface area contributed by atoms with Gasteiger partial charge in [-0.05, 0) is 18.9 Å². The number of thiazole rings is 1. The van der Waals surface area contributed by atoms with Crippen LogP contribution in [0.4, 0.5) is 0 Å². The molecule has 0 aliphatic carbocycles. The number of aromatic nitrogens is 1. The van der Waals surface area contributed by atoms with Gasteiger partial charge in [-0.25, -0.2) is 9.78 Å². The third-order valence-corrected chi connectivity index (χ3v) is 3.01. The number of aromatic carboxylic acids is 1. The highest BCUT2D eigenvalue weighted by atomic mass is 32.1. The zero-order valence-electron chi connectivity index (χ0n) is 10.8. The lowest BCUT2D eigenvalue weighted by molar-refractivity contribution is 0.0696. The third-order valence-electron chi connectivity index (χ3n) is 2.13. The summed E-state index contributed by atoms with van der Waals surface area (Å²) >= 11 is 1.16. The maximum absolute atomic E-state index is 10.6. The second kappa shape index (κ2) is 8.18. The lowest BCUT2D eigenvalue weighted by atomic mass is 10.2. The first-order chi connectivity index (χ1) is 8.59. The minimum atomic E-state index is -0.965. The number of ether oxygens (including phenoxy) is 1. The average molecular weight is 272 g/mol. The molecule has 0 atom stereocenters. The molecule has 2 N–H and O–H groups in total. The molecule has 0 bridgehead atoms. The standard InChI is InChI=1S/C12H20N2O3S/c1-9(2)7-17-5-3-4-13-6-10-8-18-11(14-10)12(15)16/h8-9,13H,3-7H2,1-2H3,(H,15,16). The van der Waals surface area contributed by atoms with Crippen molar-refractivity contribution in [3.05, 3.63) is 16.1 Å². The van der Waals surface area contributed by atoms with Crippen LogP contribution in [-0.4, -0.2) is 35.8 Å². The molecule has 0 fully saturated rings. The highest BCUT2D eigenvalue weighted by Gasteiger charge is 2.07. The van der Waals surface area contributed by atoms with E-state index < -0.39 is 5.97 Å². The molecule has 1 aromatic heterocycles. The Balaban J connectivity index is 2.05. The van der Waals surface area contributed by atoms with Crippen molar-refractivity contribution in [3.8, 4) is 0 Å². The van der Waals surface area contributed by atoms with Gasteiger partial charge in [0.25, 0.3) is 0 Å². The fourth-order valence-electron chi connectivity index (χ4n) is 1.32. The zero-order chi connectivity index (χ0) is 13.4. The van der Waals surface area contributed by atoms with Gasteiger partial charge in [-0.1, -0.05) is 13.8 Å². The van der Waals surface area contributed by atoms with Crippen LogP contribution in [-0.2, 0) is 11.3 Å². The normalized spacial score (nSPS) is 11.1. The molecular weight excluding hydrogens is 252 g/mol. The molecule has 0 aliphatic rings. The van der Waals surface area contributed by atoms with Crippen molar-refractivity contribution in [2.45, 2.75) is 26.8 Å². The van der Waals surface area contributed by atoms with Crippen LogP contribution in [0.1, 0.15) is 35.8 Å². The van der Waals surface area contributed by atoms with E-state index in [1.165, 1.54) is 0 Å². The summed E-state index contributed by atoms with van der Waals surface area (Å²) in [5.41, 5.74) is 0.778. The summed E-state index contributed by atoms with van der Waals surface area (Å²) in [6, 6.07) is 0. The van der Waals surface area contributed by atoms with Crippen molar-refractivity contribution in [2.75, 3.05) is 19.8 Å². The van der Waals surface area contributed by atoms with E-state index in [1.807, 2.05) is 0 Å². The van der Waals surface area contributed by atoms with E-state index in [0.29, 0.717) is 12.5 Å². The predicted molar refractivity (Wildman–Crippen MR) is 71.1 cm³/mol. The molecule has 0 radical (unpaired) electrons. The fourth-order valence-corrected chi connectivity index (χ4v) is 1.98. The maximum Gasteiger partial charge on any atom is 0.365 e. The van der Waals surface area contributed by atoms with Gasteiger partial charge in [0.05, 0.1) is 5.69 Å². The van der Waals surface area contributed by atoms with E-state index in [-0.39, 0.29) is 5.01 Å². The summed E-state index contributed by atoms with van der Waals surface area (Å²) in [6.45, 7) is 7.25. The van der Waals surface area contributed by atoms with E-state index in [9.17, 15) is 4.79 Å². The van der Waals surface area contributed by atoms with Crippen LogP contribution in [0.25, 0.3) is 0 Å². The number of carboxylic acid groups (broad SMARTS) is 1. The summed E-state index contributed by atoms with van der Waals surface area (Å²) in [7, 11) is 0. The summed E-state index contributed by atoms with van der Waals surface area (Å²) in [4.78, 5) is 14.6. The molecule has 1 heterocycles. The highest BCUT2D eigenvalue weighted by molar-refractivity contribution is 7.11. The maximum atomic E-state index is 10.6. The number of hydrogen-bond acceptors (Lipinski definition) is 5. The van der Waals surface area contributed by atoms with E-state index in [2.05, 4.69) is 24.1 Å². The van der Waals surface area contributed by atoms with Crippen molar-refractivity contribution in [1.29, 1.82) is 0 Å². The van der Waals surface area contributed by atoms with Gasteiger partial charge in [-0.15, -0.1) is 11.3 Å². The van der Waals surface area contributed by atoms with Gasteiger partial charge >= 0.3 is 5.97 Å². The van der Waals surface area contributed by atoms with Crippen LogP contribution in [0.2, 0.25) is 0 Å². The largest absolute Gasteiger partial charge is 0.476 e. The first kappa shape index (κ1) is 15.1. The summed E-state index contributed by atoms with van der Waals surface area (Å²) in [5.74, 6) is -0.393. The van der Waals surface area contributed by atoms with Gasteiger partial charge in [0.2, 0.25) is 5.01 Å². The quantitative estimate of drug-likeness (QED) is 0.673. The lowest BCUT2D eigenvalue weighted by Gasteiger charge is -2.06. The Morgan fingerprint density at radius 1 is 1.61 bits per heavy atom. The third kappa shape index (κ3) is 6.09. The molecule has 1 aromatic rings. The van der Waals surface area contributed by atoms with E-state index in [4.69, 9.17) is 9.84 Å². The van der Waals surface area contributed by atoms with Gasteiger partial charge in [0.1, 0.15) is 0 Å². The molecule has 0 aromatic carbocycles. The van der Waals surface area contributed by atoms with Crippen LogP contribution in [0, 0.1) is 5.92 Å².